The second-order valence-corrected chi connectivity index (χ2v) is 4.85. The Morgan fingerprint density at radius 2 is 2.11 bits per heavy atom. The Morgan fingerprint density at radius 1 is 1.28 bits per heavy atom. The van der Waals surface area contributed by atoms with E-state index in [9.17, 15) is 8.78 Å². The molecule has 1 aliphatic rings. The maximum absolute atomic E-state index is 13.1. The molecule has 0 saturated carbocycles. The van der Waals surface area contributed by atoms with Gasteiger partial charge in [0.15, 0.2) is 11.6 Å². The van der Waals surface area contributed by atoms with Crippen LogP contribution in [0.4, 0.5) is 8.78 Å². The minimum atomic E-state index is -0.790. The fraction of sp³-hybridized carbons (Fsp3) is 0.467. The molecule has 1 atom stereocenters. The van der Waals surface area contributed by atoms with Crippen LogP contribution >= 0.6 is 0 Å². The average Bonchev–Trinajstić information content (AvgIpc) is 2.85. The maximum Gasteiger partial charge on any atom is 0.159 e. The van der Waals surface area contributed by atoms with E-state index in [1.165, 1.54) is 37.0 Å². The molecule has 0 spiro atoms. The molecular formula is C15H19F2N. The monoisotopic (exact) mass is 251 g/mol. The summed E-state index contributed by atoms with van der Waals surface area (Å²) in [6, 6.07) is 4.12. The van der Waals surface area contributed by atoms with Crippen molar-refractivity contribution in [3.63, 3.8) is 0 Å². The zero-order chi connectivity index (χ0) is 13.0. The summed E-state index contributed by atoms with van der Waals surface area (Å²) in [5, 5.41) is 3.34. The summed E-state index contributed by atoms with van der Waals surface area (Å²) in [6.07, 6.45) is 7.04. The first-order valence-electron chi connectivity index (χ1n) is 6.53. The van der Waals surface area contributed by atoms with E-state index in [0.717, 1.165) is 18.5 Å². The summed E-state index contributed by atoms with van der Waals surface area (Å²) in [5.41, 5.74) is 2.30. The molecule has 0 bridgehead atoms. The summed E-state index contributed by atoms with van der Waals surface area (Å²) in [4.78, 5) is 0. The van der Waals surface area contributed by atoms with Crippen molar-refractivity contribution in [3.8, 4) is 0 Å². The molecule has 0 saturated heterocycles. The highest BCUT2D eigenvalue weighted by atomic mass is 19.2. The molecule has 1 N–H and O–H groups in total. The highest BCUT2D eigenvalue weighted by Gasteiger charge is 2.09. The van der Waals surface area contributed by atoms with Gasteiger partial charge in [-0.3, -0.25) is 0 Å². The van der Waals surface area contributed by atoms with E-state index in [1.54, 1.807) is 6.07 Å². The van der Waals surface area contributed by atoms with Gasteiger partial charge in [-0.1, -0.05) is 17.7 Å². The molecule has 0 fully saturated rings. The van der Waals surface area contributed by atoms with Crippen molar-refractivity contribution in [2.24, 2.45) is 0 Å². The summed E-state index contributed by atoms with van der Waals surface area (Å²) in [5.74, 6) is -1.57. The Balaban J connectivity index is 1.83. The lowest BCUT2D eigenvalue weighted by atomic mass is 10.1. The molecule has 1 aliphatic carbocycles. The van der Waals surface area contributed by atoms with Gasteiger partial charge in [0, 0.05) is 6.04 Å². The van der Waals surface area contributed by atoms with Gasteiger partial charge in [0.1, 0.15) is 0 Å². The molecule has 0 heterocycles. The Labute approximate surface area is 107 Å². The molecule has 0 amide bonds. The SMILES string of the molecule is CC(NCCC1=CCCC1)c1ccc(F)c(F)c1. The highest BCUT2D eigenvalue weighted by Crippen LogP contribution is 2.21. The molecule has 1 unspecified atom stereocenters. The van der Waals surface area contributed by atoms with Crippen LogP contribution in [0.1, 0.15) is 44.2 Å². The number of hydrogen-bond acceptors (Lipinski definition) is 1. The van der Waals surface area contributed by atoms with Gasteiger partial charge >= 0.3 is 0 Å². The van der Waals surface area contributed by atoms with Gasteiger partial charge < -0.3 is 5.32 Å². The van der Waals surface area contributed by atoms with Crippen molar-refractivity contribution in [1.29, 1.82) is 0 Å². The van der Waals surface area contributed by atoms with Gasteiger partial charge in [0.05, 0.1) is 0 Å². The van der Waals surface area contributed by atoms with Crippen LogP contribution in [0, 0.1) is 11.6 Å². The number of halogens is 2. The number of allylic oxidation sites excluding steroid dienone is 1. The van der Waals surface area contributed by atoms with Gasteiger partial charge in [-0.15, -0.1) is 0 Å². The first-order chi connectivity index (χ1) is 8.66. The van der Waals surface area contributed by atoms with Crippen LogP contribution in [-0.4, -0.2) is 6.54 Å². The average molecular weight is 251 g/mol. The lowest BCUT2D eigenvalue weighted by Crippen LogP contribution is -2.20. The van der Waals surface area contributed by atoms with Crippen molar-refractivity contribution >= 4 is 0 Å². The van der Waals surface area contributed by atoms with Crippen LogP contribution in [0.25, 0.3) is 0 Å². The lowest BCUT2D eigenvalue weighted by Gasteiger charge is -2.14. The molecule has 18 heavy (non-hydrogen) atoms. The second kappa shape index (κ2) is 6.10. The molecule has 2 rings (SSSR count). The van der Waals surface area contributed by atoms with Crippen LogP contribution in [0.3, 0.4) is 0 Å². The van der Waals surface area contributed by atoms with E-state index >= 15 is 0 Å². The molecule has 0 radical (unpaired) electrons. The second-order valence-electron chi connectivity index (χ2n) is 4.85. The van der Waals surface area contributed by atoms with Crippen LogP contribution in [0.5, 0.6) is 0 Å². The summed E-state index contributed by atoms with van der Waals surface area (Å²) < 4.78 is 25.9. The number of nitrogens with one attached hydrogen (secondary N) is 1. The Bertz CT molecular complexity index is 440. The van der Waals surface area contributed by atoms with E-state index < -0.39 is 11.6 Å². The number of benzene rings is 1. The molecule has 1 aromatic rings. The first kappa shape index (κ1) is 13.2. The van der Waals surface area contributed by atoms with E-state index in [-0.39, 0.29) is 6.04 Å². The third-order valence-corrected chi connectivity index (χ3v) is 3.48. The number of rotatable bonds is 5. The van der Waals surface area contributed by atoms with Gasteiger partial charge in [-0.05, 0) is 56.8 Å². The van der Waals surface area contributed by atoms with Crippen molar-refractivity contribution in [2.75, 3.05) is 6.54 Å². The molecule has 1 aromatic carbocycles. The number of hydrogen-bond donors (Lipinski definition) is 1. The zero-order valence-corrected chi connectivity index (χ0v) is 10.7. The van der Waals surface area contributed by atoms with E-state index in [0.29, 0.717) is 0 Å². The van der Waals surface area contributed by atoms with Crippen molar-refractivity contribution < 1.29 is 8.78 Å². The van der Waals surface area contributed by atoms with Crippen molar-refractivity contribution in [2.45, 2.75) is 38.6 Å². The van der Waals surface area contributed by atoms with Crippen molar-refractivity contribution in [3.05, 3.63) is 47.0 Å². The Hall–Kier alpha value is -1.22. The molecule has 1 nitrogen and oxygen atoms in total. The van der Waals surface area contributed by atoms with Crippen molar-refractivity contribution in [1.82, 2.24) is 5.32 Å². The molecule has 0 aromatic heterocycles. The van der Waals surface area contributed by atoms with Crippen LogP contribution in [0.2, 0.25) is 0 Å². The minimum absolute atomic E-state index is 0.0436. The predicted molar refractivity (Wildman–Crippen MR) is 69.3 cm³/mol. The topological polar surface area (TPSA) is 12.0 Å². The molecule has 0 aliphatic heterocycles. The van der Waals surface area contributed by atoms with Crippen LogP contribution in [-0.2, 0) is 0 Å². The molecule has 3 heteroatoms. The lowest BCUT2D eigenvalue weighted by molar-refractivity contribution is 0.501. The van der Waals surface area contributed by atoms with Gasteiger partial charge in [0.2, 0.25) is 0 Å². The van der Waals surface area contributed by atoms with Crippen LogP contribution in [0.15, 0.2) is 29.8 Å². The largest absolute Gasteiger partial charge is 0.310 e. The van der Waals surface area contributed by atoms with E-state index in [4.69, 9.17) is 0 Å². The van der Waals surface area contributed by atoms with E-state index in [2.05, 4.69) is 11.4 Å². The summed E-state index contributed by atoms with van der Waals surface area (Å²) in [7, 11) is 0. The summed E-state index contributed by atoms with van der Waals surface area (Å²) in [6.45, 7) is 2.85. The molecule has 98 valence electrons. The van der Waals surface area contributed by atoms with Crippen LogP contribution < -0.4 is 5.32 Å². The minimum Gasteiger partial charge on any atom is -0.310 e. The van der Waals surface area contributed by atoms with Gasteiger partial charge in [0.25, 0.3) is 0 Å². The fourth-order valence-electron chi connectivity index (χ4n) is 2.31. The quantitative estimate of drug-likeness (QED) is 0.776. The predicted octanol–water partition coefficient (Wildman–Crippen LogP) is 4.12. The zero-order valence-electron chi connectivity index (χ0n) is 10.7. The Kier molecular flexibility index (Phi) is 4.48. The normalized spacial score (nSPS) is 16.7. The smallest absolute Gasteiger partial charge is 0.159 e. The van der Waals surface area contributed by atoms with Gasteiger partial charge in [-0.25, -0.2) is 8.78 Å². The molecular weight excluding hydrogens is 232 g/mol. The maximum atomic E-state index is 13.1. The third-order valence-electron chi connectivity index (χ3n) is 3.48. The highest BCUT2D eigenvalue weighted by molar-refractivity contribution is 5.20. The fourth-order valence-corrected chi connectivity index (χ4v) is 2.31. The Morgan fingerprint density at radius 3 is 2.78 bits per heavy atom. The standard InChI is InChI=1S/C15H19F2N/c1-11(13-6-7-14(16)15(17)10-13)18-9-8-12-4-2-3-5-12/h4,6-7,10-11,18H,2-3,5,8-9H2,1H3. The summed E-state index contributed by atoms with van der Waals surface area (Å²) >= 11 is 0. The third kappa shape index (κ3) is 3.39. The van der Waals surface area contributed by atoms with Gasteiger partial charge in [-0.2, -0.15) is 0 Å². The first-order valence-corrected chi connectivity index (χ1v) is 6.53. The van der Waals surface area contributed by atoms with E-state index in [1.807, 2.05) is 6.92 Å².